The van der Waals surface area contributed by atoms with Gasteiger partial charge in [0, 0.05) is 19.1 Å². The molecule has 3 rings (SSSR count). The zero-order valence-electron chi connectivity index (χ0n) is 17.0. The summed E-state index contributed by atoms with van der Waals surface area (Å²) in [7, 11) is 0. The van der Waals surface area contributed by atoms with Crippen molar-refractivity contribution in [1.82, 2.24) is 20.6 Å². The number of hydrogen-bond donors (Lipinski definition) is 4. The van der Waals surface area contributed by atoms with E-state index in [1.165, 1.54) is 43.9 Å². The van der Waals surface area contributed by atoms with Gasteiger partial charge in [-0.25, -0.2) is 4.98 Å². The van der Waals surface area contributed by atoms with Crippen LogP contribution >= 0.6 is 0 Å². The van der Waals surface area contributed by atoms with E-state index in [4.69, 9.17) is 11.0 Å². The summed E-state index contributed by atoms with van der Waals surface area (Å²) in [6.45, 7) is 3.61. The molecule has 7 nitrogen and oxygen atoms in total. The molecule has 1 aliphatic rings. The third-order valence-electron chi connectivity index (χ3n) is 5.31. The van der Waals surface area contributed by atoms with E-state index in [0.717, 1.165) is 37.7 Å². The predicted octanol–water partition coefficient (Wildman–Crippen LogP) is 2.94. The molecule has 1 aromatic heterocycles. The van der Waals surface area contributed by atoms with Crippen LogP contribution in [0.25, 0.3) is 0 Å². The van der Waals surface area contributed by atoms with E-state index in [9.17, 15) is 0 Å². The summed E-state index contributed by atoms with van der Waals surface area (Å²) in [5.41, 5.74) is 8.41. The number of hydrogen-bond acceptors (Lipinski definition) is 7. The van der Waals surface area contributed by atoms with Gasteiger partial charge in [-0.15, -0.1) is 0 Å². The molecule has 0 amide bonds. The normalized spacial score (nSPS) is 14.4. The van der Waals surface area contributed by atoms with E-state index in [2.05, 4.69) is 50.2 Å². The van der Waals surface area contributed by atoms with Crippen molar-refractivity contribution in [1.29, 1.82) is 5.26 Å². The van der Waals surface area contributed by atoms with Crippen LogP contribution in [0.2, 0.25) is 0 Å². The predicted molar refractivity (Wildman–Crippen MR) is 116 cm³/mol. The molecule has 2 aromatic rings. The van der Waals surface area contributed by atoms with Gasteiger partial charge >= 0.3 is 0 Å². The summed E-state index contributed by atoms with van der Waals surface area (Å²) in [5, 5.41) is 19.2. The Labute approximate surface area is 173 Å². The van der Waals surface area contributed by atoms with Crippen LogP contribution in [0.15, 0.2) is 30.5 Å². The Morgan fingerprint density at radius 2 is 1.76 bits per heavy atom. The molecule has 154 valence electrons. The van der Waals surface area contributed by atoms with Gasteiger partial charge in [0.25, 0.3) is 0 Å². The SMILES string of the molecule is N#Cc1cnc(NCc2ccc(CNCCCNC3CCCCC3)cc2)nc1N. The maximum atomic E-state index is 8.86. The Hall–Kier alpha value is -2.69. The molecule has 0 bridgehead atoms. The molecule has 0 spiro atoms. The fourth-order valence-corrected chi connectivity index (χ4v) is 3.58. The molecular weight excluding hydrogens is 362 g/mol. The number of anilines is 2. The van der Waals surface area contributed by atoms with Gasteiger partial charge in [0.2, 0.25) is 5.95 Å². The number of aromatic nitrogens is 2. The molecule has 1 fully saturated rings. The number of benzene rings is 1. The second kappa shape index (κ2) is 11.3. The van der Waals surface area contributed by atoms with Crippen LogP contribution in [0, 0.1) is 11.3 Å². The van der Waals surface area contributed by atoms with E-state index in [1.54, 1.807) is 0 Å². The van der Waals surface area contributed by atoms with Gasteiger partial charge < -0.3 is 21.7 Å². The van der Waals surface area contributed by atoms with Crippen LogP contribution < -0.4 is 21.7 Å². The van der Waals surface area contributed by atoms with Gasteiger partial charge in [-0.1, -0.05) is 43.5 Å². The van der Waals surface area contributed by atoms with Crippen LogP contribution in [0.4, 0.5) is 11.8 Å². The molecule has 5 N–H and O–H groups in total. The number of nitrogens with zero attached hydrogens (tertiary/aromatic N) is 3. The summed E-state index contributed by atoms with van der Waals surface area (Å²) in [6.07, 6.45) is 9.47. The Morgan fingerprint density at radius 3 is 2.45 bits per heavy atom. The van der Waals surface area contributed by atoms with Gasteiger partial charge in [-0.2, -0.15) is 10.2 Å². The lowest BCUT2D eigenvalue weighted by Crippen LogP contribution is -2.33. The lowest BCUT2D eigenvalue weighted by molar-refractivity contribution is 0.371. The number of rotatable bonds is 10. The molecule has 0 aliphatic heterocycles. The van der Waals surface area contributed by atoms with Crippen molar-refractivity contribution in [2.24, 2.45) is 0 Å². The van der Waals surface area contributed by atoms with E-state index in [1.807, 2.05) is 6.07 Å². The topological polar surface area (TPSA) is 112 Å². The second-order valence-electron chi connectivity index (χ2n) is 7.59. The Balaban J connectivity index is 1.31. The van der Waals surface area contributed by atoms with Crippen LogP contribution in [0.1, 0.15) is 55.2 Å². The Morgan fingerprint density at radius 1 is 1.03 bits per heavy atom. The molecule has 0 saturated heterocycles. The van der Waals surface area contributed by atoms with Gasteiger partial charge in [-0.05, 0) is 43.5 Å². The average Bonchev–Trinajstić information content (AvgIpc) is 2.76. The van der Waals surface area contributed by atoms with E-state index in [-0.39, 0.29) is 11.4 Å². The summed E-state index contributed by atoms with van der Waals surface area (Å²) in [4.78, 5) is 8.19. The Kier molecular flexibility index (Phi) is 8.23. The van der Waals surface area contributed by atoms with Crippen LogP contribution in [0.3, 0.4) is 0 Å². The average molecular weight is 394 g/mol. The third kappa shape index (κ3) is 7.00. The maximum Gasteiger partial charge on any atom is 0.224 e. The second-order valence-corrected chi connectivity index (χ2v) is 7.59. The van der Waals surface area contributed by atoms with Gasteiger partial charge in [0.15, 0.2) is 0 Å². The van der Waals surface area contributed by atoms with E-state index < -0.39 is 0 Å². The minimum absolute atomic E-state index is 0.195. The number of nitrogens with one attached hydrogen (secondary N) is 3. The highest BCUT2D eigenvalue weighted by molar-refractivity contribution is 5.49. The highest BCUT2D eigenvalue weighted by Gasteiger charge is 2.11. The lowest BCUT2D eigenvalue weighted by atomic mass is 9.95. The molecule has 0 unspecified atom stereocenters. The first-order valence-corrected chi connectivity index (χ1v) is 10.5. The third-order valence-corrected chi connectivity index (χ3v) is 5.31. The largest absolute Gasteiger partial charge is 0.382 e. The highest BCUT2D eigenvalue weighted by Crippen LogP contribution is 2.17. The van der Waals surface area contributed by atoms with Crippen molar-refractivity contribution in [3.63, 3.8) is 0 Å². The molecule has 1 saturated carbocycles. The Bertz CT molecular complexity index is 792. The summed E-state index contributed by atoms with van der Waals surface area (Å²) in [6, 6.07) is 11.2. The molecule has 1 aliphatic carbocycles. The van der Waals surface area contributed by atoms with Crippen molar-refractivity contribution in [3.8, 4) is 6.07 Å². The quantitative estimate of drug-likeness (QED) is 0.459. The summed E-state index contributed by atoms with van der Waals surface area (Å²) in [5.74, 6) is 0.620. The van der Waals surface area contributed by atoms with Crippen molar-refractivity contribution < 1.29 is 0 Å². The first-order valence-electron chi connectivity index (χ1n) is 10.5. The highest BCUT2D eigenvalue weighted by atomic mass is 15.1. The van der Waals surface area contributed by atoms with Crippen molar-refractivity contribution in [2.75, 3.05) is 24.1 Å². The molecule has 29 heavy (non-hydrogen) atoms. The lowest BCUT2D eigenvalue weighted by Gasteiger charge is -2.22. The van der Waals surface area contributed by atoms with Gasteiger partial charge in [0.1, 0.15) is 17.5 Å². The molecule has 0 radical (unpaired) electrons. The zero-order valence-corrected chi connectivity index (χ0v) is 17.0. The summed E-state index contributed by atoms with van der Waals surface area (Å²) < 4.78 is 0. The van der Waals surface area contributed by atoms with Crippen molar-refractivity contribution in [3.05, 3.63) is 47.2 Å². The number of nitrogens with two attached hydrogens (primary N) is 1. The molecule has 0 atom stereocenters. The monoisotopic (exact) mass is 393 g/mol. The molecule has 1 aromatic carbocycles. The fourth-order valence-electron chi connectivity index (χ4n) is 3.58. The fraction of sp³-hybridized carbons (Fsp3) is 0.500. The smallest absolute Gasteiger partial charge is 0.224 e. The minimum atomic E-state index is 0.195. The number of nitriles is 1. The van der Waals surface area contributed by atoms with Crippen molar-refractivity contribution in [2.45, 2.75) is 57.7 Å². The molecular formula is C22H31N7. The van der Waals surface area contributed by atoms with Gasteiger partial charge in [0.05, 0.1) is 6.20 Å². The van der Waals surface area contributed by atoms with E-state index >= 15 is 0 Å². The first-order chi connectivity index (χ1) is 14.2. The van der Waals surface area contributed by atoms with Crippen molar-refractivity contribution >= 4 is 11.8 Å². The number of nitrogen functional groups attached to an aromatic ring is 1. The standard InChI is InChI=1S/C22H31N7/c23-13-19-16-28-22(29-21(19)24)27-15-18-9-7-17(8-10-18)14-25-11-4-12-26-20-5-2-1-3-6-20/h7-10,16,20,25-26H,1-6,11-12,14-15H2,(H3,24,27,28,29). The summed E-state index contributed by atoms with van der Waals surface area (Å²) >= 11 is 0. The minimum Gasteiger partial charge on any atom is -0.382 e. The van der Waals surface area contributed by atoms with Gasteiger partial charge in [-0.3, -0.25) is 0 Å². The molecule has 7 heteroatoms. The van der Waals surface area contributed by atoms with Crippen LogP contribution in [0.5, 0.6) is 0 Å². The maximum absolute atomic E-state index is 8.86. The molecule has 1 heterocycles. The van der Waals surface area contributed by atoms with Crippen LogP contribution in [-0.2, 0) is 13.1 Å². The van der Waals surface area contributed by atoms with E-state index in [0.29, 0.717) is 12.5 Å². The first kappa shape index (κ1) is 21.0. The van der Waals surface area contributed by atoms with Crippen LogP contribution in [-0.4, -0.2) is 29.1 Å². The zero-order chi connectivity index (χ0) is 20.3.